The molecule has 0 radical (unpaired) electrons. The highest BCUT2D eigenvalue weighted by molar-refractivity contribution is 5.78. The molecule has 19 heavy (non-hydrogen) atoms. The number of aromatic nitrogens is 4. The topological polar surface area (TPSA) is 84.1 Å². The number of aryl methyl sites for hydroxylation is 1. The van der Waals surface area contributed by atoms with Crippen LogP contribution in [0.2, 0.25) is 0 Å². The molecular weight excluding hydrogens is 246 g/mol. The van der Waals surface area contributed by atoms with Gasteiger partial charge in [0.05, 0.1) is 6.54 Å². The molecule has 0 bridgehead atoms. The SMILES string of the molecule is CCCCn1nnnc1CN1CCCC1(C)C(=O)O. The van der Waals surface area contributed by atoms with E-state index >= 15 is 0 Å². The Kier molecular flexibility index (Phi) is 4.14. The van der Waals surface area contributed by atoms with E-state index in [1.807, 2.05) is 4.90 Å². The number of carboxylic acids is 1. The lowest BCUT2D eigenvalue weighted by molar-refractivity contribution is -0.149. The van der Waals surface area contributed by atoms with Crippen LogP contribution in [0.4, 0.5) is 0 Å². The number of hydrogen-bond acceptors (Lipinski definition) is 5. The van der Waals surface area contributed by atoms with E-state index in [0.29, 0.717) is 13.0 Å². The van der Waals surface area contributed by atoms with Gasteiger partial charge in [0.25, 0.3) is 0 Å². The van der Waals surface area contributed by atoms with Crippen molar-refractivity contribution < 1.29 is 9.90 Å². The minimum absolute atomic E-state index is 0.500. The molecule has 0 aliphatic carbocycles. The Morgan fingerprint density at radius 2 is 2.32 bits per heavy atom. The minimum Gasteiger partial charge on any atom is -0.480 e. The molecule has 7 heteroatoms. The van der Waals surface area contributed by atoms with E-state index in [9.17, 15) is 9.90 Å². The second-order valence-corrected chi connectivity index (χ2v) is 5.28. The van der Waals surface area contributed by atoms with Crippen molar-refractivity contribution in [3.05, 3.63) is 5.82 Å². The summed E-state index contributed by atoms with van der Waals surface area (Å²) in [6.45, 7) is 5.97. The summed E-state index contributed by atoms with van der Waals surface area (Å²) < 4.78 is 1.78. The lowest BCUT2D eigenvalue weighted by Gasteiger charge is -2.30. The standard InChI is InChI=1S/C12H21N5O2/c1-3-4-8-17-10(13-14-15-17)9-16-7-5-6-12(16,2)11(18)19/h3-9H2,1-2H3,(H,18,19). The van der Waals surface area contributed by atoms with Crippen LogP contribution in [0.15, 0.2) is 0 Å². The molecule has 2 rings (SSSR count). The molecule has 1 aliphatic rings. The highest BCUT2D eigenvalue weighted by Crippen LogP contribution is 2.30. The van der Waals surface area contributed by atoms with E-state index in [0.717, 1.165) is 38.2 Å². The van der Waals surface area contributed by atoms with Crippen LogP contribution in [0.25, 0.3) is 0 Å². The maximum atomic E-state index is 11.4. The third-order valence-corrected chi connectivity index (χ3v) is 3.91. The van der Waals surface area contributed by atoms with E-state index in [1.165, 1.54) is 0 Å². The van der Waals surface area contributed by atoms with Crippen molar-refractivity contribution in [3.8, 4) is 0 Å². The number of unbranched alkanes of at least 4 members (excludes halogenated alkanes) is 1. The summed E-state index contributed by atoms with van der Waals surface area (Å²) in [6, 6.07) is 0. The summed E-state index contributed by atoms with van der Waals surface area (Å²) in [7, 11) is 0. The second-order valence-electron chi connectivity index (χ2n) is 5.28. The Balaban J connectivity index is 2.08. The van der Waals surface area contributed by atoms with Gasteiger partial charge in [-0.25, -0.2) is 4.68 Å². The lowest BCUT2D eigenvalue weighted by Crippen LogP contribution is -2.47. The first-order chi connectivity index (χ1) is 9.08. The molecule has 1 N–H and O–H groups in total. The van der Waals surface area contributed by atoms with E-state index in [1.54, 1.807) is 11.6 Å². The molecule has 1 atom stereocenters. The fraction of sp³-hybridized carbons (Fsp3) is 0.833. The molecule has 1 aromatic rings. The molecule has 2 heterocycles. The summed E-state index contributed by atoms with van der Waals surface area (Å²) in [5.74, 6) is -0.0135. The molecule has 0 aromatic carbocycles. The van der Waals surface area contributed by atoms with Crippen molar-refractivity contribution >= 4 is 5.97 Å². The maximum Gasteiger partial charge on any atom is 0.323 e. The van der Waals surface area contributed by atoms with Crippen molar-refractivity contribution in [3.63, 3.8) is 0 Å². The van der Waals surface area contributed by atoms with Crippen molar-refractivity contribution in [1.82, 2.24) is 25.1 Å². The number of carboxylic acid groups (broad SMARTS) is 1. The number of likely N-dealkylation sites (tertiary alicyclic amines) is 1. The highest BCUT2D eigenvalue weighted by atomic mass is 16.4. The van der Waals surface area contributed by atoms with Gasteiger partial charge >= 0.3 is 5.97 Å². The summed E-state index contributed by atoms with van der Waals surface area (Å²) in [5.41, 5.74) is -0.790. The summed E-state index contributed by atoms with van der Waals surface area (Å²) in [4.78, 5) is 13.4. The largest absolute Gasteiger partial charge is 0.480 e. The predicted octanol–water partition coefficient (Wildman–Crippen LogP) is 0.912. The first-order valence-corrected chi connectivity index (χ1v) is 6.81. The fourth-order valence-corrected chi connectivity index (χ4v) is 2.50. The smallest absolute Gasteiger partial charge is 0.323 e. The van der Waals surface area contributed by atoms with E-state index in [-0.39, 0.29) is 0 Å². The van der Waals surface area contributed by atoms with Crippen LogP contribution in [-0.2, 0) is 17.9 Å². The van der Waals surface area contributed by atoms with E-state index in [2.05, 4.69) is 22.4 Å². The molecule has 0 spiro atoms. The summed E-state index contributed by atoms with van der Waals surface area (Å²) >= 11 is 0. The van der Waals surface area contributed by atoms with Gasteiger partial charge in [0.15, 0.2) is 5.82 Å². The van der Waals surface area contributed by atoms with Crippen molar-refractivity contribution in [1.29, 1.82) is 0 Å². The van der Waals surface area contributed by atoms with Crippen LogP contribution < -0.4 is 0 Å². The molecule has 7 nitrogen and oxygen atoms in total. The number of nitrogens with zero attached hydrogens (tertiary/aromatic N) is 5. The molecular formula is C12H21N5O2. The quantitative estimate of drug-likeness (QED) is 0.824. The van der Waals surface area contributed by atoms with Crippen LogP contribution in [0.5, 0.6) is 0 Å². The Hall–Kier alpha value is -1.50. The lowest BCUT2D eigenvalue weighted by atomic mass is 9.99. The van der Waals surface area contributed by atoms with E-state index < -0.39 is 11.5 Å². The summed E-state index contributed by atoms with van der Waals surface area (Å²) in [6.07, 6.45) is 3.68. The van der Waals surface area contributed by atoms with Gasteiger partial charge in [-0.3, -0.25) is 9.69 Å². The third-order valence-electron chi connectivity index (χ3n) is 3.91. The number of aliphatic carboxylic acids is 1. The number of carbonyl (C=O) groups is 1. The molecule has 1 fully saturated rings. The Labute approximate surface area is 112 Å². The molecule has 106 valence electrons. The first kappa shape index (κ1) is 13.9. The molecule has 1 aromatic heterocycles. The number of rotatable bonds is 6. The van der Waals surface area contributed by atoms with Crippen LogP contribution in [-0.4, -0.2) is 48.3 Å². The van der Waals surface area contributed by atoms with Crippen LogP contribution in [0.1, 0.15) is 45.4 Å². The van der Waals surface area contributed by atoms with Crippen LogP contribution in [0.3, 0.4) is 0 Å². The monoisotopic (exact) mass is 267 g/mol. The van der Waals surface area contributed by atoms with Gasteiger partial charge < -0.3 is 5.11 Å². The van der Waals surface area contributed by atoms with Gasteiger partial charge in [-0.2, -0.15) is 0 Å². The fourth-order valence-electron chi connectivity index (χ4n) is 2.50. The average Bonchev–Trinajstić information content (AvgIpc) is 2.96. The van der Waals surface area contributed by atoms with Crippen molar-refractivity contribution in [2.45, 2.75) is 58.2 Å². The van der Waals surface area contributed by atoms with Gasteiger partial charge in [0.1, 0.15) is 5.54 Å². The highest BCUT2D eigenvalue weighted by Gasteiger charge is 2.43. The van der Waals surface area contributed by atoms with Gasteiger partial charge in [-0.1, -0.05) is 13.3 Å². The zero-order chi connectivity index (χ0) is 13.9. The first-order valence-electron chi connectivity index (χ1n) is 6.81. The van der Waals surface area contributed by atoms with Gasteiger partial charge in [-0.05, 0) is 43.2 Å². The zero-order valence-electron chi connectivity index (χ0n) is 11.5. The number of tetrazole rings is 1. The van der Waals surface area contributed by atoms with Gasteiger partial charge in [-0.15, -0.1) is 5.10 Å². The zero-order valence-corrected chi connectivity index (χ0v) is 11.5. The maximum absolute atomic E-state index is 11.4. The molecule has 1 aliphatic heterocycles. The van der Waals surface area contributed by atoms with Gasteiger partial charge in [0.2, 0.25) is 0 Å². The Morgan fingerprint density at radius 1 is 1.53 bits per heavy atom. The van der Waals surface area contributed by atoms with Gasteiger partial charge in [0, 0.05) is 6.54 Å². The molecule has 1 saturated heterocycles. The van der Waals surface area contributed by atoms with Crippen LogP contribution >= 0.6 is 0 Å². The molecule has 0 amide bonds. The molecule has 1 unspecified atom stereocenters. The average molecular weight is 267 g/mol. The molecule has 0 saturated carbocycles. The van der Waals surface area contributed by atoms with E-state index in [4.69, 9.17) is 0 Å². The number of hydrogen-bond donors (Lipinski definition) is 1. The Morgan fingerprint density at radius 3 is 3.00 bits per heavy atom. The third kappa shape index (κ3) is 2.75. The Bertz CT molecular complexity index is 447. The normalized spacial score (nSPS) is 23.9. The van der Waals surface area contributed by atoms with Crippen molar-refractivity contribution in [2.75, 3.05) is 6.54 Å². The van der Waals surface area contributed by atoms with Crippen molar-refractivity contribution in [2.24, 2.45) is 0 Å². The van der Waals surface area contributed by atoms with Crippen LogP contribution in [0, 0.1) is 0 Å². The predicted molar refractivity (Wildman–Crippen MR) is 68.4 cm³/mol. The minimum atomic E-state index is -0.790. The second kappa shape index (κ2) is 5.64. The summed E-state index contributed by atoms with van der Waals surface area (Å²) in [5, 5.41) is 21.1.